The molecule has 1 aliphatic rings. The van der Waals surface area contributed by atoms with Crippen LogP contribution in [0.3, 0.4) is 0 Å². The number of carbonyl (C=O) groups excluding carboxylic acids is 1. The van der Waals surface area contributed by atoms with Crippen molar-refractivity contribution in [3.8, 4) is 11.5 Å². The summed E-state index contributed by atoms with van der Waals surface area (Å²) in [5.74, 6) is 0.494. The van der Waals surface area contributed by atoms with Crippen LogP contribution >= 0.6 is 11.6 Å². The van der Waals surface area contributed by atoms with Crippen LogP contribution in [0, 0.1) is 5.82 Å². The van der Waals surface area contributed by atoms with Crippen LogP contribution in [0.15, 0.2) is 71.8 Å². The second kappa shape index (κ2) is 8.78. The van der Waals surface area contributed by atoms with E-state index in [-0.39, 0.29) is 11.7 Å². The molecule has 5 nitrogen and oxygen atoms in total. The van der Waals surface area contributed by atoms with E-state index in [4.69, 9.17) is 21.1 Å². The number of halogens is 2. The average Bonchev–Trinajstić information content (AvgIpc) is 3.24. The van der Waals surface area contributed by atoms with Crippen molar-refractivity contribution in [1.82, 2.24) is 5.01 Å². The molecular weight excluding hydrogens is 419 g/mol. The van der Waals surface area contributed by atoms with E-state index in [0.29, 0.717) is 45.3 Å². The minimum atomic E-state index is -0.495. The summed E-state index contributed by atoms with van der Waals surface area (Å²) < 4.78 is 24.8. The molecule has 31 heavy (non-hydrogen) atoms. The molecule has 1 amide bonds. The topological polar surface area (TPSA) is 51.1 Å². The zero-order valence-corrected chi connectivity index (χ0v) is 17.8. The van der Waals surface area contributed by atoms with Crippen LogP contribution in [0.5, 0.6) is 11.5 Å². The van der Waals surface area contributed by atoms with Gasteiger partial charge in [0.1, 0.15) is 17.3 Å². The molecule has 0 aromatic heterocycles. The lowest BCUT2D eigenvalue weighted by Gasteiger charge is -2.22. The first kappa shape index (κ1) is 20.9. The van der Waals surface area contributed by atoms with Gasteiger partial charge < -0.3 is 9.47 Å². The van der Waals surface area contributed by atoms with Gasteiger partial charge >= 0.3 is 0 Å². The van der Waals surface area contributed by atoms with E-state index < -0.39 is 6.04 Å². The van der Waals surface area contributed by atoms with Gasteiger partial charge in [-0.05, 0) is 48.0 Å². The van der Waals surface area contributed by atoms with Gasteiger partial charge in [-0.3, -0.25) is 4.79 Å². The smallest absolute Gasteiger partial charge is 0.276 e. The third-order valence-corrected chi connectivity index (χ3v) is 5.50. The van der Waals surface area contributed by atoms with Gasteiger partial charge in [-0.2, -0.15) is 5.10 Å². The molecule has 0 unspecified atom stereocenters. The molecule has 158 valence electrons. The quantitative estimate of drug-likeness (QED) is 0.529. The predicted octanol–water partition coefficient (Wildman–Crippen LogP) is 5.49. The number of amides is 1. The lowest BCUT2D eigenvalue weighted by Crippen LogP contribution is -2.27. The third-order valence-electron chi connectivity index (χ3n) is 5.17. The number of benzene rings is 3. The Bertz CT molecular complexity index is 1170. The number of nitrogens with zero attached hydrogens (tertiary/aromatic N) is 2. The Morgan fingerprint density at radius 1 is 1.06 bits per heavy atom. The summed E-state index contributed by atoms with van der Waals surface area (Å²) in [5, 5.41) is 6.32. The van der Waals surface area contributed by atoms with Crippen molar-refractivity contribution in [2.24, 2.45) is 5.10 Å². The fourth-order valence-corrected chi connectivity index (χ4v) is 3.85. The highest BCUT2D eigenvalue weighted by Crippen LogP contribution is 2.37. The second-order valence-electron chi connectivity index (χ2n) is 7.02. The molecule has 0 saturated heterocycles. The number of hydrogen-bond acceptors (Lipinski definition) is 4. The highest BCUT2D eigenvalue weighted by molar-refractivity contribution is 6.33. The van der Waals surface area contributed by atoms with E-state index in [9.17, 15) is 9.18 Å². The molecule has 3 aromatic rings. The molecule has 0 spiro atoms. The Morgan fingerprint density at radius 2 is 1.87 bits per heavy atom. The molecule has 0 saturated carbocycles. The number of hydrogen-bond donors (Lipinski definition) is 0. The molecule has 0 bridgehead atoms. The van der Waals surface area contributed by atoms with Gasteiger partial charge in [-0.1, -0.05) is 35.9 Å². The van der Waals surface area contributed by atoms with Gasteiger partial charge in [-0.15, -0.1) is 0 Å². The fraction of sp³-hybridized carbons (Fsp3) is 0.167. The van der Waals surface area contributed by atoms with Gasteiger partial charge in [0, 0.05) is 12.0 Å². The zero-order valence-electron chi connectivity index (χ0n) is 17.0. The molecule has 4 rings (SSSR count). The Morgan fingerprint density at radius 3 is 2.58 bits per heavy atom. The molecule has 0 N–H and O–H groups in total. The van der Waals surface area contributed by atoms with Gasteiger partial charge in [0.15, 0.2) is 0 Å². The van der Waals surface area contributed by atoms with Crippen molar-refractivity contribution in [3.05, 3.63) is 94.3 Å². The largest absolute Gasteiger partial charge is 0.497 e. The van der Waals surface area contributed by atoms with Gasteiger partial charge in [0.2, 0.25) is 0 Å². The molecule has 0 radical (unpaired) electrons. The van der Waals surface area contributed by atoms with E-state index in [2.05, 4.69) is 5.10 Å². The van der Waals surface area contributed by atoms with E-state index in [0.717, 1.165) is 0 Å². The number of ether oxygens (including phenoxy) is 2. The van der Waals surface area contributed by atoms with Crippen LogP contribution in [0.4, 0.5) is 4.39 Å². The van der Waals surface area contributed by atoms with Crippen molar-refractivity contribution in [3.63, 3.8) is 0 Å². The lowest BCUT2D eigenvalue weighted by atomic mass is 9.97. The summed E-state index contributed by atoms with van der Waals surface area (Å²) >= 11 is 6.26. The molecule has 3 aromatic carbocycles. The van der Waals surface area contributed by atoms with Crippen molar-refractivity contribution in [1.29, 1.82) is 0 Å². The van der Waals surface area contributed by atoms with E-state index >= 15 is 0 Å². The molecule has 1 heterocycles. The Balaban J connectivity index is 1.81. The SMILES string of the molecule is COc1ccc(OC)c(C2=NN(C(=O)c3ccccc3Cl)[C@@H](c3cccc(F)c3)C2)c1. The van der Waals surface area contributed by atoms with Crippen molar-refractivity contribution < 1.29 is 18.7 Å². The first-order valence-corrected chi connectivity index (χ1v) is 10.0. The molecular formula is C24H20ClFN2O3. The minimum absolute atomic E-state index is 0.327. The molecule has 1 atom stereocenters. The van der Waals surface area contributed by atoms with Crippen LogP contribution in [-0.2, 0) is 0 Å². The second-order valence-corrected chi connectivity index (χ2v) is 7.42. The Kier molecular flexibility index (Phi) is 5.91. The van der Waals surface area contributed by atoms with Gasteiger partial charge in [0.05, 0.1) is 36.6 Å². The minimum Gasteiger partial charge on any atom is -0.497 e. The van der Waals surface area contributed by atoms with Crippen molar-refractivity contribution in [2.45, 2.75) is 12.5 Å². The normalized spacial score (nSPS) is 15.5. The van der Waals surface area contributed by atoms with Gasteiger partial charge in [0.25, 0.3) is 5.91 Å². The molecule has 0 fully saturated rings. The zero-order chi connectivity index (χ0) is 22.0. The monoisotopic (exact) mass is 438 g/mol. The summed E-state index contributed by atoms with van der Waals surface area (Å²) in [4.78, 5) is 13.4. The van der Waals surface area contributed by atoms with Crippen molar-refractivity contribution >= 4 is 23.2 Å². The van der Waals surface area contributed by atoms with Crippen LogP contribution in [0.2, 0.25) is 5.02 Å². The van der Waals surface area contributed by atoms with Crippen molar-refractivity contribution in [2.75, 3.05) is 14.2 Å². The Hall–Kier alpha value is -3.38. The first-order valence-electron chi connectivity index (χ1n) is 9.65. The maximum absolute atomic E-state index is 14.0. The maximum atomic E-state index is 14.0. The van der Waals surface area contributed by atoms with E-state index in [1.807, 2.05) is 6.07 Å². The van der Waals surface area contributed by atoms with Gasteiger partial charge in [-0.25, -0.2) is 9.40 Å². The van der Waals surface area contributed by atoms with Crippen LogP contribution in [0.25, 0.3) is 0 Å². The summed E-state index contributed by atoms with van der Waals surface area (Å²) in [6.07, 6.45) is 0.378. The number of rotatable bonds is 5. The highest BCUT2D eigenvalue weighted by Gasteiger charge is 2.35. The fourth-order valence-electron chi connectivity index (χ4n) is 3.63. The lowest BCUT2D eigenvalue weighted by molar-refractivity contribution is 0.0711. The Labute approximate surface area is 184 Å². The highest BCUT2D eigenvalue weighted by atomic mass is 35.5. The number of methoxy groups -OCH3 is 2. The molecule has 0 aliphatic carbocycles. The van der Waals surface area contributed by atoms with Crippen LogP contribution in [0.1, 0.15) is 33.9 Å². The third kappa shape index (κ3) is 4.11. The summed E-state index contributed by atoms with van der Waals surface area (Å²) in [6.45, 7) is 0. The summed E-state index contributed by atoms with van der Waals surface area (Å²) in [7, 11) is 3.14. The predicted molar refractivity (Wildman–Crippen MR) is 117 cm³/mol. The summed E-state index contributed by atoms with van der Waals surface area (Å²) in [6, 6.07) is 17.9. The molecule has 7 heteroatoms. The first-order chi connectivity index (χ1) is 15.0. The summed E-state index contributed by atoms with van der Waals surface area (Å²) in [5.41, 5.74) is 2.30. The number of carbonyl (C=O) groups is 1. The van der Waals surface area contributed by atoms with Crippen LogP contribution < -0.4 is 9.47 Å². The standard InChI is InChI=1S/C24H20ClFN2O3/c1-30-17-10-11-23(31-2)19(13-17)21-14-22(15-6-5-7-16(26)12-15)28(27-21)24(29)18-8-3-4-9-20(18)25/h3-13,22H,14H2,1-2H3/t22-/m1/s1. The van der Waals surface area contributed by atoms with E-state index in [1.165, 1.54) is 17.1 Å². The van der Waals surface area contributed by atoms with E-state index in [1.54, 1.807) is 62.8 Å². The maximum Gasteiger partial charge on any atom is 0.276 e. The molecule has 1 aliphatic heterocycles. The number of hydrazone groups is 1. The van der Waals surface area contributed by atoms with Crippen LogP contribution in [-0.4, -0.2) is 30.8 Å². The average molecular weight is 439 g/mol.